The Morgan fingerprint density at radius 1 is 1.47 bits per heavy atom. The molecule has 0 bridgehead atoms. The van der Waals surface area contributed by atoms with Gasteiger partial charge < -0.3 is 5.73 Å². The third-order valence-electron chi connectivity index (χ3n) is 4.17. The molecule has 0 aromatic rings. The first-order valence-electron chi connectivity index (χ1n) is 6.32. The van der Waals surface area contributed by atoms with Crippen molar-refractivity contribution < 1.29 is 8.42 Å². The van der Waals surface area contributed by atoms with Crippen molar-refractivity contribution in [3.8, 4) is 0 Å². The fourth-order valence-corrected chi connectivity index (χ4v) is 5.90. The third-order valence-corrected chi connectivity index (χ3v) is 7.46. The van der Waals surface area contributed by atoms with Crippen LogP contribution in [0.2, 0.25) is 0 Å². The zero-order chi connectivity index (χ0) is 12.5. The Balaban J connectivity index is 2.23. The van der Waals surface area contributed by atoms with Gasteiger partial charge in [0.2, 0.25) is 0 Å². The van der Waals surface area contributed by atoms with Crippen LogP contribution in [0.25, 0.3) is 0 Å². The fraction of sp³-hybridized carbons (Fsp3) is 1.00. The minimum atomic E-state index is -2.99. The molecule has 1 aliphatic carbocycles. The quantitative estimate of drug-likeness (QED) is 0.819. The molecule has 2 N–H and O–H groups in total. The number of thioether (sulfide) groups is 1. The molecule has 1 saturated carbocycles. The van der Waals surface area contributed by atoms with E-state index in [0.717, 1.165) is 25.1 Å². The standard InChI is InChI=1S/C11H22N2O2S2/c1-2-17(14,15)10-8-16-7-6-13(10)11(9-12)4-3-5-11/h10H,2-9,12H2,1H3. The van der Waals surface area contributed by atoms with Crippen molar-refractivity contribution in [3.63, 3.8) is 0 Å². The van der Waals surface area contributed by atoms with Crippen molar-refractivity contribution in [3.05, 3.63) is 0 Å². The Labute approximate surface area is 108 Å². The van der Waals surface area contributed by atoms with Crippen LogP contribution in [0.1, 0.15) is 26.2 Å². The van der Waals surface area contributed by atoms with Crippen molar-refractivity contribution in [2.24, 2.45) is 5.73 Å². The van der Waals surface area contributed by atoms with E-state index in [9.17, 15) is 8.42 Å². The van der Waals surface area contributed by atoms with Gasteiger partial charge in [0.25, 0.3) is 0 Å². The van der Waals surface area contributed by atoms with Crippen LogP contribution >= 0.6 is 11.8 Å². The monoisotopic (exact) mass is 278 g/mol. The van der Waals surface area contributed by atoms with Gasteiger partial charge in [-0.3, -0.25) is 4.90 Å². The van der Waals surface area contributed by atoms with Crippen LogP contribution in [0.3, 0.4) is 0 Å². The molecular weight excluding hydrogens is 256 g/mol. The van der Waals surface area contributed by atoms with Crippen LogP contribution < -0.4 is 5.73 Å². The predicted octanol–water partition coefficient (Wildman–Crippen LogP) is 0.677. The minimum absolute atomic E-state index is 0.0200. The maximum atomic E-state index is 12.2. The molecule has 4 nitrogen and oxygen atoms in total. The maximum absolute atomic E-state index is 12.2. The lowest BCUT2D eigenvalue weighted by Crippen LogP contribution is -2.65. The summed E-state index contributed by atoms with van der Waals surface area (Å²) in [6, 6.07) is 0. The molecule has 17 heavy (non-hydrogen) atoms. The highest BCUT2D eigenvalue weighted by molar-refractivity contribution is 8.01. The molecule has 1 unspecified atom stereocenters. The lowest BCUT2D eigenvalue weighted by molar-refractivity contribution is 0.0198. The van der Waals surface area contributed by atoms with Gasteiger partial charge in [0.05, 0.1) is 0 Å². The Morgan fingerprint density at radius 3 is 2.65 bits per heavy atom. The Hall–Kier alpha value is 0.220. The van der Waals surface area contributed by atoms with E-state index in [2.05, 4.69) is 4.90 Å². The first-order valence-corrected chi connectivity index (χ1v) is 9.19. The van der Waals surface area contributed by atoms with Crippen LogP contribution in [0.5, 0.6) is 0 Å². The van der Waals surface area contributed by atoms with Gasteiger partial charge in [-0.1, -0.05) is 6.92 Å². The first-order chi connectivity index (χ1) is 8.06. The summed E-state index contributed by atoms with van der Waals surface area (Å²) in [5.41, 5.74) is 5.88. The van der Waals surface area contributed by atoms with Crippen LogP contribution in [0, 0.1) is 0 Å². The molecule has 2 rings (SSSR count). The maximum Gasteiger partial charge on any atom is 0.166 e. The summed E-state index contributed by atoms with van der Waals surface area (Å²) in [5, 5.41) is -0.310. The van der Waals surface area contributed by atoms with E-state index < -0.39 is 9.84 Å². The Morgan fingerprint density at radius 2 is 2.18 bits per heavy atom. The normalized spacial score (nSPS) is 29.9. The number of sulfone groups is 1. The van der Waals surface area contributed by atoms with Gasteiger partial charge >= 0.3 is 0 Å². The van der Waals surface area contributed by atoms with E-state index in [1.807, 2.05) is 0 Å². The van der Waals surface area contributed by atoms with Gasteiger partial charge in [0.15, 0.2) is 9.84 Å². The summed E-state index contributed by atoms with van der Waals surface area (Å²) in [6.07, 6.45) is 3.30. The molecule has 2 aliphatic rings. The molecule has 6 heteroatoms. The second-order valence-corrected chi connectivity index (χ2v) is 8.55. The second-order valence-electron chi connectivity index (χ2n) is 4.96. The summed E-state index contributed by atoms with van der Waals surface area (Å²) in [4.78, 5) is 2.20. The zero-order valence-electron chi connectivity index (χ0n) is 10.4. The van der Waals surface area contributed by atoms with Crippen LogP contribution in [-0.2, 0) is 9.84 Å². The van der Waals surface area contributed by atoms with Crippen molar-refractivity contribution in [1.29, 1.82) is 0 Å². The summed E-state index contributed by atoms with van der Waals surface area (Å²) >= 11 is 1.75. The molecule has 0 amide bonds. The SMILES string of the molecule is CCS(=O)(=O)C1CSCCN1C1(CN)CCC1. The van der Waals surface area contributed by atoms with Crippen molar-refractivity contribution >= 4 is 21.6 Å². The largest absolute Gasteiger partial charge is 0.329 e. The lowest BCUT2D eigenvalue weighted by Gasteiger charge is -2.53. The highest BCUT2D eigenvalue weighted by Crippen LogP contribution is 2.41. The summed E-state index contributed by atoms with van der Waals surface area (Å²) in [6.45, 7) is 3.20. The summed E-state index contributed by atoms with van der Waals surface area (Å²) in [5.74, 6) is 1.96. The number of nitrogens with two attached hydrogens (primary N) is 1. The van der Waals surface area contributed by atoms with Gasteiger partial charge in [0, 0.05) is 35.9 Å². The van der Waals surface area contributed by atoms with E-state index in [-0.39, 0.29) is 16.7 Å². The van der Waals surface area contributed by atoms with Gasteiger partial charge in [0.1, 0.15) is 5.37 Å². The lowest BCUT2D eigenvalue weighted by atomic mass is 9.75. The molecule has 0 aromatic carbocycles. The topological polar surface area (TPSA) is 63.4 Å². The number of rotatable bonds is 4. The first kappa shape index (κ1) is 13.6. The molecule has 0 spiro atoms. The number of hydrogen-bond acceptors (Lipinski definition) is 5. The van der Waals surface area contributed by atoms with Crippen LogP contribution in [0.4, 0.5) is 0 Å². The molecule has 0 radical (unpaired) electrons. The number of nitrogens with zero attached hydrogens (tertiary/aromatic N) is 1. The van der Waals surface area contributed by atoms with Crippen LogP contribution in [0.15, 0.2) is 0 Å². The van der Waals surface area contributed by atoms with E-state index in [0.29, 0.717) is 12.3 Å². The molecule has 1 saturated heterocycles. The van der Waals surface area contributed by atoms with Gasteiger partial charge in [-0.25, -0.2) is 8.42 Å². The molecule has 0 aromatic heterocycles. The van der Waals surface area contributed by atoms with Crippen molar-refractivity contribution in [2.75, 3.05) is 30.3 Å². The van der Waals surface area contributed by atoms with Crippen molar-refractivity contribution in [2.45, 2.75) is 37.1 Å². The average molecular weight is 278 g/mol. The minimum Gasteiger partial charge on any atom is -0.329 e. The number of hydrogen-bond donors (Lipinski definition) is 1. The molecule has 1 heterocycles. The van der Waals surface area contributed by atoms with E-state index in [1.165, 1.54) is 6.42 Å². The summed E-state index contributed by atoms with van der Waals surface area (Å²) in [7, 11) is -2.99. The molecule has 2 fully saturated rings. The smallest absolute Gasteiger partial charge is 0.166 e. The van der Waals surface area contributed by atoms with Gasteiger partial charge in [-0.05, 0) is 19.3 Å². The molecule has 1 atom stereocenters. The highest BCUT2D eigenvalue weighted by Gasteiger charge is 2.48. The Bertz CT molecular complexity index is 360. The molecular formula is C11H22N2O2S2. The highest BCUT2D eigenvalue weighted by atomic mass is 32.2. The van der Waals surface area contributed by atoms with E-state index in [1.54, 1.807) is 18.7 Å². The molecule has 100 valence electrons. The van der Waals surface area contributed by atoms with Gasteiger partial charge in [-0.2, -0.15) is 11.8 Å². The van der Waals surface area contributed by atoms with E-state index >= 15 is 0 Å². The second kappa shape index (κ2) is 5.07. The predicted molar refractivity (Wildman–Crippen MR) is 72.9 cm³/mol. The molecule has 1 aliphatic heterocycles. The van der Waals surface area contributed by atoms with E-state index in [4.69, 9.17) is 5.73 Å². The van der Waals surface area contributed by atoms with Crippen molar-refractivity contribution in [1.82, 2.24) is 4.90 Å². The average Bonchev–Trinajstić information content (AvgIpc) is 2.29. The van der Waals surface area contributed by atoms with Gasteiger partial charge in [-0.15, -0.1) is 0 Å². The third kappa shape index (κ3) is 2.37. The fourth-order valence-electron chi connectivity index (χ4n) is 2.81. The van der Waals surface area contributed by atoms with Crippen LogP contribution in [-0.4, -0.2) is 54.6 Å². The Kier molecular flexibility index (Phi) is 4.07. The zero-order valence-corrected chi connectivity index (χ0v) is 12.0. The summed E-state index contributed by atoms with van der Waals surface area (Å²) < 4.78 is 24.3.